The van der Waals surface area contributed by atoms with Crippen LogP contribution in [-0.4, -0.2) is 68.9 Å². The van der Waals surface area contributed by atoms with Crippen molar-refractivity contribution < 1.29 is 19.0 Å². The lowest BCUT2D eigenvalue weighted by atomic mass is 10.1. The average molecular weight is 412 g/mol. The maximum atomic E-state index is 12.9. The number of rotatable bonds is 7. The summed E-state index contributed by atoms with van der Waals surface area (Å²) in [4.78, 5) is 19.3. The van der Waals surface area contributed by atoms with Gasteiger partial charge in [-0.25, -0.2) is 0 Å². The van der Waals surface area contributed by atoms with Gasteiger partial charge in [0.15, 0.2) is 11.5 Å². The number of methoxy groups -OCH3 is 1. The highest BCUT2D eigenvalue weighted by Gasteiger charge is 2.23. The fourth-order valence-corrected chi connectivity index (χ4v) is 3.91. The number of carbonyl (C=O) groups excluding carboxylic acids is 1. The molecule has 0 N–H and O–H groups in total. The van der Waals surface area contributed by atoms with Gasteiger partial charge in [-0.3, -0.25) is 9.69 Å². The second-order valence-electron chi connectivity index (χ2n) is 7.56. The van der Waals surface area contributed by atoms with Gasteiger partial charge in [0.25, 0.3) is 0 Å². The van der Waals surface area contributed by atoms with Crippen LogP contribution in [0.2, 0.25) is 0 Å². The van der Waals surface area contributed by atoms with Crippen molar-refractivity contribution in [2.24, 2.45) is 0 Å². The molecule has 2 aliphatic heterocycles. The van der Waals surface area contributed by atoms with Crippen molar-refractivity contribution in [3.63, 3.8) is 0 Å². The number of anilines is 1. The molecule has 2 aromatic rings. The van der Waals surface area contributed by atoms with E-state index < -0.39 is 0 Å². The van der Waals surface area contributed by atoms with Gasteiger partial charge in [-0.2, -0.15) is 0 Å². The molecule has 0 spiro atoms. The normalized spacial score (nSPS) is 15.9. The Hall–Kier alpha value is -2.93. The predicted molar refractivity (Wildman–Crippen MR) is 115 cm³/mol. The summed E-state index contributed by atoms with van der Waals surface area (Å²) in [6, 6.07) is 14.0. The van der Waals surface area contributed by atoms with E-state index in [0.29, 0.717) is 13.3 Å². The summed E-state index contributed by atoms with van der Waals surface area (Å²) >= 11 is 0. The van der Waals surface area contributed by atoms with Gasteiger partial charge in [-0.05, 0) is 36.8 Å². The molecule has 0 bridgehead atoms. The molecule has 0 aliphatic carbocycles. The van der Waals surface area contributed by atoms with E-state index in [4.69, 9.17) is 14.2 Å². The molecule has 7 heteroatoms. The van der Waals surface area contributed by atoms with E-state index in [1.54, 1.807) is 7.11 Å². The summed E-state index contributed by atoms with van der Waals surface area (Å²) < 4.78 is 16.2. The second-order valence-corrected chi connectivity index (χ2v) is 7.56. The van der Waals surface area contributed by atoms with E-state index in [9.17, 15) is 4.79 Å². The van der Waals surface area contributed by atoms with Gasteiger partial charge >= 0.3 is 0 Å². The lowest BCUT2D eigenvalue weighted by Crippen LogP contribution is -2.51. The van der Waals surface area contributed by atoms with Gasteiger partial charge in [0.1, 0.15) is 5.75 Å². The largest absolute Gasteiger partial charge is 0.497 e. The van der Waals surface area contributed by atoms with Crippen LogP contribution in [0, 0.1) is 0 Å². The molecule has 160 valence electrons. The number of ether oxygens (including phenoxy) is 3. The first-order valence-corrected chi connectivity index (χ1v) is 10.4. The molecule has 1 amide bonds. The molecule has 1 saturated heterocycles. The van der Waals surface area contributed by atoms with Crippen molar-refractivity contribution in [1.29, 1.82) is 0 Å². The Balaban J connectivity index is 1.29. The molecule has 30 heavy (non-hydrogen) atoms. The van der Waals surface area contributed by atoms with Gasteiger partial charge < -0.3 is 24.0 Å². The minimum Gasteiger partial charge on any atom is -0.497 e. The third-order valence-electron chi connectivity index (χ3n) is 5.69. The van der Waals surface area contributed by atoms with Crippen LogP contribution in [0.5, 0.6) is 17.2 Å². The summed E-state index contributed by atoms with van der Waals surface area (Å²) in [5, 5.41) is 0. The van der Waals surface area contributed by atoms with Gasteiger partial charge in [0, 0.05) is 51.0 Å². The van der Waals surface area contributed by atoms with Crippen LogP contribution in [0.1, 0.15) is 12.5 Å². The third-order valence-corrected chi connectivity index (χ3v) is 5.69. The number of amides is 1. The van der Waals surface area contributed by atoms with Crippen molar-refractivity contribution in [2.45, 2.75) is 13.5 Å². The predicted octanol–water partition coefficient (Wildman–Crippen LogP) is 2.59. The highest BCUT2D eigenvalue weighted by molar-refractivity contribution is 5.81. The van der Waals surface area contributed by atoms with Crippen molar-refractivity contribution >= 4 is 11.6 Å². The molecule has 7 nitrogen and oxygen atoms in total. The van der Waals surface area contributed by atoms with Crippen LogP contribution in [0.15, 0.2) is 42.5 Å². The van der Waals surface area contributed by atoms with E-state index in [1.807, 2.05) is 41.3 Å². The number of likely N-dealkylation sites (N-methyl/N-ethyl adjacent to an activating group) is 1. The molecule has 4 rings (SSSR count). The summed E-state index contributed by atoms with van der Waals surface area (Å²) in [5.41, 5.74) is 2.21. The molecule has 0 radical (unpaired) electrons. The minimum atomic E-state index is 0.169. The number of nitrogens with zero attached hydrogens (tertiary/aromatic N) is 3. The van der Waals surface area contributed by atoms with E-state index in [1.165, 1.54) is 5.56 Å². The molecule has 0 saturated carbocycles. The van der Waals surface area contributed by atoms with Crippen molar-refractivity contribution in [2.75, 3.05) is 58.1 Å². The van der Waals surface area contributed by atoms with Crippen molar-refractivity contribution in [3.05, 3.63) is 48.0 Å². The van der Waals surface area contributed by atoms with Crippen LogP contribution in [0.25, 0.3) is 0 Å². The van der Waals surface area contributed by atoms with Gasteiger partial charge in [0.05, 0.1) is 13.7 Å². The first kappa shape index (κ1) is 20.3. The summed E-state index contributed by atoms with van der Waals surface area (Å²) in [5.74, 6) is 2.60. The first-order chi connectivity index (χ1) is 14.7. The molecule has 0 atom stereocenters. The van der Waals surface area contributed by atoms with Crippen LogP contribution in [-0.2, 0) is 11.3 Å². The third kappa shape index (κ3) is 4.62. The standard InChI is InChI=1S/C23H29N3O4/c1-3-25(19-5-4-6-20(14-19)28-2)16-23(27)26-11-9-24(10-12-26)15-18-7-8-21-22(13-18)30-17-29-21/h4-8,13-14H,3,9-12,15-17H2,1-2H3. The van der Waals surface area contributed by atoms with Gasteiger partial charge in [-0.1, -0.05) is 12.1 Å². The Bertz CT molecular complexity index is 881. The Kier molecular flexibility index (Phi) is 6.28. The number of hydrogen-bond acceptors (Lipinski definition) is 6. The highest BCUT2D eigenvalue weighted by atomic mass is 16.7. The zero-order chi connectivity index (χ0) is 20.9. The Morgan fingerprint density at radius 2 is 1.87 bits per heavy atom. The van der Waals surface area contributed by atoms with Crippen LogP contribution < -0.4 is 19.1 Å². The Morgan fingerprint density at radius 1 is 1.07 bits per heavy atom. The van der Waals surface area contributed by atoms with Gasteiger partial charge in [0.2, 0.25) is 12.7 Å². The van der Waals surface area contributed by atoms with E-state index in [2.05, 4.69) is 22.8 Å². The topological polar surface area (TPSA) is 54.5 Å². The second kappa shape index (κ2) is 9.26. The van der Waals surface area contributed by atoms with Crippen molar-refractivity contribution in [3.8, 4) is 17.2 Å². The van der Waals surface area contributed by atoms with E-state index in [-0.39, 0.29) is 5.91 Å². The van der Waals surface area contributed by atoms with Crippen LogP contribution >= 0.6 is 0 Å². The monoisotopic (exact) mass is 411 g/mol. The number of hydrogen-bond donors (Lipinski definition) is 0. The van der Waals surface area contributed by atoms with Gasteiger partial charge in [-0.15, -0.1) is 0 Å². The van der Waals surface area contributed by atoms with Crippen molar-refractivity contribution in [1.82, 2.24) is 9.80 Å². The lowest BCUT2D eigenvalue weighted by Gasteiger charge is -2.36. The van der Waals surface area contributed by atoms with Crippen LogP contribution in [0.3, 0.4) is 0 Å². The Morgan fingerprint density at radius 3 is 2.63 bits per heavy atom. The molecule has 0 unspecified atom stereocenters. The maximum Gasteiger partial charge on any atom is 0.242 e. The fraction of sp³-hybridized carbons (Fsp3) is 0.435. The zero-order valence-corrected chi connectivity index (χ0v) is 17.7. The average Bonchev–Trinajstić information content (AvgIpc) is 3.26. The highest BCUT2D eigenvalue weighted by Crippen LogP contribution is 2.32. The molecule has 0 aromatic heterocycles. The summed E-state index contributed by atoms with van der Waals surface area (Å²) in [6.07, 6.45) is 0. The first-order valence-electron chi connectivity index (χ1n) is 10.4. The molecule has 2 heterocycles. The number of benzene rings is 2. The lowest BCUT2D eigenvalue weighted by molar-refractivity contribution is -0.131. The number of carbonyl (C=O) groups is 1. The Labute approximate surface area is 177 Å². The minimum absolute atomic E-state index is 0.169. The molecule has 2 aromatic carbocycles. The van der Waals surface area contributed by atoms with E-state index >= 15 is 0 Å². The molecule has 1 fully saturated rings. The maximum absolute atomic E-state index is 12.9. The van der Waals surface area contributed by atoms with E-state index in [0.717, 1.165) is 62.2 Å². The zero-order valence-electron chi connectivity index (χ0n) is 17.7. The fourth-order valence-electron chi connectivity index (χ4n) is 3.91. The molecular weight excluding hydrogens is 382 g/mol. The SMILES string of the molecule is CCN(CC(=O)N1CCN(Cc2ccc3c(c2)OCO3)CC1)c1cccc(OC)c1. The smallest absolute Gasteiger partial charge is 0.242 e. The molecule has 2 aliphatic rings. The summed E-state index contributed by atoms with van der Waals surface area (Å²) in [6.45, 7) is 7.59. The molecular formula is C23H29N3O4. The quantitative estimate of drug-likeness (QED) is 0.698. The number of fused-ring (bicyclic) bond motifs is 1. The van der Waals surface area contributed by atoms with Crippen LogP contribution in [0.4, 0.5) is 5.69 Å². The number of piperazine rings is 1. The summed E-state index contributed by atoms with van der Waals surface area (Å²) in [7, 11) is 1.66.